The number of allylic oxidation sites excluding steroid dienone is 1. The van der Waals surface area contributed by atoms with Crippen LogP contribution >= 0.6 is 15.9 Å². The predicted molar refractivity (Wildman–Crippen MR) is 86.0 cm³/mol. The van der Waals surface area contributed by atoms with Crippen LogP contribution in [-0.2, 0) is 26.0 Å². The van der Waals surface area contributed by atoms with Gasteiger partial charge in [-0.05, 0) is 12.1 Å². The summed E-state index contributed by atoms with van der Waals surface area (Å²) >= 11 is 3.41. The number of ether oxygens (including phenoxy) is 3. The minimum Gasteiger partial charge on any atom is -0.486 e. The van der Waals surface area contributed by atoms with Gasteiger partial charge in [-0.1, -0.05) is 22.0 Å². The summed E-state index contributed by atoms with van der Waals surface area (Å²) in [6.07, 6.45) is 1.59. The first-order valence-corrected chi connectivity index (χ1v) is 9.58. The molecule has 8 heteroatoms. The molecule has 0 spiro atoms. The minimum atomic E-state index is -3.15. The topological polar surface area (TPSA) is 78.9 Å². The highest BCUT2D eigenvalue weighted by Crippen LogP contribution is 2.35. The van der Waals surface area contributed by atoms with Crippen molar-refractivity contribution in [1.82, 2.24) is 0 Å². The van der Waals surface area contributed by atoms with Gasteiger partial charge in [0.15, 0.2) is 21.3 Å². The van der Waals surface area contributed by atoms with Crippen LogP contribution in [0, 0.1) is 5.92 Å². The van der Waals surface area contributed by atoms with Crippen molar-refractivity contribution in [3.8, 4) is 11.5 Å². The molecule has 0 saturated heterocycles. The summed E-state index contributed by atoms with van der Waals surface area (Å²) in [6.45, 7) is 1.07. The largest absolute Gasteiger partial charge is 0.486 e. The second-order valence-corrected chi connectivity index (χ2v) is 8.16. The zero-order valence-corrected chi connectivity index (χ0v) is 14.6. The number of esters is 1. The van der Waals surface area contributed by atoms with E-state index in [2.05, 4.69) is 15.9 Å². The zero-order valence-electron chi connectivity index (χ0n) is 12.2. The highest BCUT2D eigenvalue weighted by molar-refractivity contribution is 9.10. The van der Waals surface area contributed by atoms with Gasteiger partial charge in [-0.3, -0.25) is 4.79 Å². The van der Waals surface area contributed by atoms with Gasteiger partial charge in [0.1, 0.15) is 19.8 Å². The molecule has 2 aliphatic heterocycles. The number of carbonyl (C=O) groups is 1. The van der Waals surface area contributed by atoms with Crippen molar-refractivity contribution >= 4 is 31.7 Å². The van der Waals surface area contributed by atoms with E-state index in [1.807, 2.05) is 0 Å². The van der Waals surface area contributed by atoms with Crippen molar-refractivity contribution < 1.29 is 27.4 Å². The molecule has 1 aromatic carbocycles. The van der Waals surface area contributed by atoms with Crippen LogP contribution in [-0.4, -0.2) is 33.4 Å². The maximum Gasteiger partial charge on any atom is 0.306 e. The van der Waals surface area contributed by atoms with E-state index in [1.54, 1.807) is 12.1 Å². The second kappa shape index (κ2) is 6.52. The Morgan fingerprint density at radius 3 is 2.61 bits per heavy atom. The van der Waals surface area contributed by atoms with Gasteiger partial charge >= 0.3 is 5.97 Å². The Labute approximate surface area is 142 Å². The third-order valence-electron chi connectivity index (χ3n) is 3.53. The standard InChI is InChI=1S/C15H15BrO6S/c16-12-7-14-13(20-2-3-21-14)6-11(12)8-22-15(17)5-10-1-4-23(18,19)9-10/h1,4,6-7,10H,2-3,5,8-9H2/t10-/m1/s1. The summed E-state index contributed by atoms with van der Waals surface area (Å²) in [5.41, 5.74) is 0.761. The molecule has 0 aliphatic carbocycles. The summed E-state index contributed by atoms with van der Waals surface area (Å²) in [5, 5.41) is 1.16. The summed E-state index contributed by atoms with van der Waals surface area (Å²) in [7, 11) is -3.15. The Bertz CT molecular complexity index is 755. The van der Waals surface area contributed by atoms with Crippen molar-refractivity contribution in [2.75, 3.05) is 19.0 Å². The van der Waals surface area contributed by atoms with E-state index >= 15 is 0 Å². The summed E-state index contributed by atoms with van der Waals surface area (Å²) in [4.78, 5) is 11.9. The lowest BCUT2D eigenvalue weighted by molar-refractivity contribution is -0.145. The Morgan fingerprint density at radius 2 is 1.96 bits per heavy atom. The molecule has 0 fully saturated rings. The third kappa shape index (κ3) is 4.06. The summed E-state index contributed by atoms with van der Waals surface area (Å²) in [6, 6.07) is 3.55. The number of hydrogen-bond acceptors (Lipinski definition) is 6. The lowest BCUT2D eigenvalue weighted by Gasteiger charge is -2.20. The molecule has 0 unspecified atom stereocenters. The summed E-state index contributed by atoms with van der Waals surface area (Å²) in [5.74, 6) is 0.500. The molecule has 0 N–H and O–H groups in total. The fourth-order valence-electron chi connectivity index (χ4n) is 2.42. The average molecular weight is 403 g/mol. The van der Waals surface area contributed by atoms with Crippen LogP contribution < -0.4 is 9.47 Å². The van der Waals surface area contributed by atoms with Gasteiger partial charge in [-0.25, -0.2) is 8.42 Å². The number of rotatable bonds is 4. The Morgan fingerprint density at radius 1 is 1.26 bits per heavy atom. The molecular weight excluding hydrogens is 388 g/mol. The molecule has 2 heterocycles. The maximum absolute atomic E-state index is 11.9. The molecule has 6 nitrogen and oxygen atoms in total. The van der Waals surface area contributed by atoms with Gasteiger partial charge in [-0.2, -0.15) is 0 Å². The predicted octanol–water partition coefficient (Wildman–Crippen LogP) is 2.21. The van der Waals surface area contributed by atoms with Crippen LogP contribution in [0.3, 0.4) is 0 Å². The van der Waals surface area contributed by atoms with Crippen LogP contribution in [0.2, 0.25) is 0 Å². The van der Waals surface area contributed by atoms with Gasteiger partial charge in [0.25, 0.3) is 0 Å². The van der Waals surface area contributed by atoms with Gasteiger partial charge in [0.05, 0.1) is 12.2 Å². The van der Waals surface area contributed by atoms with E-state index in [1.165, 1.54) is 6.08 Å². The van der Waals surface area contributed by atoms with E-state index in [0.29, 0.717) is 24.7 Å². The molecule has 0 aromatic heterocycles. The Balaban J connectivity index is 1.58. The van der Waals surface area contributed by atoms with Crippen molar-refractivity contribution in [2.45, 2.75) is 13.0 Å². The highest BCUT2D eigenvalue weighted by atomic mass is 79.9. The van der Waals surface area contributed by atoms with Crippen molar-refractivity contribution in [2.24, 2.45) is 5.92 Å². The van der Waals surface area contributed by atoms with Gasteiger partial charge in [0, 0.05) is 21.4 Å². The minimum absolute atomic E-state index is 0.0319. The molecule has 0 bridgehead atoms. The van der Waals surface area contributed by atoms with Crippen LogP contribution in [0.25, 0.3) is 0 Å². The molecule has 23 heavy (non-hydrogen) atoms. The molecular formula is C15H15BrO6S. The van der Waals surface area contributed by atoms with E-state index in [-0.39, 0.29) is 24.7 Å². The lowest BCUT2D eigenvalue weighted by Crippen LogP contribution is -2.16. The number of sulfone groups is 1. The molecule has 1 aromatic rings. The van der Waals surface area contributed by atoms with Crippen LogP contribution in [0.5, 0.6) is 11.5 Å². The van der Waals surface area contributed by atoms with Crippen LogP contribution in [0.4, 0.5) is 0 Å². The fourth-order valence-corrected chi connectivity index (χ4v) is 4.25. The van der Waals surface area contributed by atoms with Crippen LogP contribution in [0.15, 0.2) is 28.1 Å². The first kappa shape index (κ1) is 16.3. The van der Waals surface area contributed by atoms with E-state index < -0.39 is 15.8 Å². The highest BCUT2D eigenvalue weighted by Gasteiger charge is 2.24. The van der Waals surface area contributed by atoms with E-state index in [0.717, 1.165) is 15.4 Å². The Hall–Kier alpha value is -1.54. The van der Waals surface area contributed by atoms with Gasteiger partial charge < -0.3 is 14.2 Å². The average Bonchev–Trinajstić information content (AvgIpc) is 2.84. The number of fused-ring (bicyclic) bond motifs is 1. The van der Waals surface area contributed by atoms with Crippen molar-refractivity contribution in [3.63, 3.8) is 0 Å². The van der Waals surface area contributed by atoms with E-state index in [9.17, 15) is 13.2 Å². The lowest BCUT2D eigenvalue weighted by atomic mass is 10.1. The normalized spacial score (nSPS) is 21.2. The summed E-state index contributed by atoms with van der Waals surface area (Å²) < 4.78 is 39.6. The quantitative estimate of drug-likeness (QED) is 0.718. The first-order chi connectivity index (χ1) is 10.9. The number of halogens is 1. The third-order valence-corrected chi connectivity index (χ3v) is 5.74. The van der Waals surface area contributed by atoms with Crippen LogP contribution in [0.1, 0.15) is 12.0 Å². The van der Waals surface area contributed by atoms with Gasteiger partial charge in [-0.15, -0.1) is 0 Å². The molecule has 0 radical (unpaired) electrons. The number of benzene rings is 1. The Kier molecular flexibility index (Phi) is 4.63. The second-order valence-electron chi connectivity index (χ2n) is 5.37. The molecule has 3 rings (SSSR count). The number of carbonyl (C=O) groups excluding carboxylic acids is 1. The molecule has 0 amide bonds. The smallest absolute Gasteiger partial charge is 0.306 e. The SMILES string of the molecule is O=C(C[C@H]1C=CS(=O)(=O)C1)OCc1cc2c(cc1Br)OCCO2. The molecule has 0 saturated carbocycles. The maximum atomic E-state index is 11.9. The van der Waals surface area contributed by atoms with Crippen molar-refractivity contribution in [1.29, 1.82) is 0 Å². The fraction of sp³-hybridized carbons (Fsp3) is 0.400. The van der Waals surface area contributed by atoms with Crippen molar-refractivity contribution in [3.05, 3.63) is 33.7 Å². The number of hydrogen-bond donors (Lipinski definition) is 0. The molecule has 124 valence electrons. The molecule has 2 aliphatic rings. The zero-order chi connectivity index (χ0) is 16.4. The monoisotopic (exact) mass is 402 g/mol. The molecule has 1 atom stereocenters. The van der Waals surface area contributed by atoms with Gasteiger partial charge in [0.2, 0.25) is 0 Å². The van der Waals surface area contributed by atoms with E-state index in [4.69, 9.17) is 14.2 Å². The first-order valence-electron chi connectivity index (χ1n) is 7.07.